The summed E-state index contributed by atoms with van der Waals surface area (Å²) in [6.45, 7) is 2.86. The largest absolute Gasteiger partial charge is 0.316 e. The summed E-state index contributed by atoms with van der Waals surface area (Å²) in [6, 6.07) is 6.70. The SMILES string of the molecule is CC(=O)N=C1S[C@@H]2CS(=O)(=O)C[C@H]2N1c1ccc(C(C)=O)cc1. The van der Waals surface area contributed by atoms with E-state index in [0.717, 1.165) is 5.69 Å². The van der Waals surface area contributed by atoms with E-state index >= 15 is 0 Å². The van der Waals surface area contributed by atoms with Gasteiger partial charge < -0.3 is 4.90 Å². The fourth-order valence-electron chi connectivity index (χ4n) is 2.86. The van der Waals surface area contributed by atoms with Gasteiger partial charge >= 0.3 is 0 Å². The van der Waals surface area contributed by atoms with Gasteiger partial charge in [0, 0.05) is 23.4 Å². The van der Waals surface area contributed by atoms with Crippen molar-refractivity contribution in [3.63, 3.8) is 0 Å². The molecule has 1 aromatic rings. The topological polar surface area (TPSA) is 83.9 Å². The van der Waals surface area contributed by atoms with E-state index in [0.29, 0.717) is 10.7 Å². The highest BCUT2D eigenvalue weighted by Crippen LogP contribution is 2.40. The molecule has 2 aliphatic rings. The molecule has 0 aliphatic carbocycles. The van der Waals surface area contributed by atoms with E-state index in [9.17, 15) is 18.0 Å². The maximum absolute atomic E-state index is 11.9. The van der Waals surface area contributed by atoms with Crippen LogP contribution in [0.5, 0.6) is 0 Å². The van der Waals surface area contributed by atoms with Crippen molar-refractivity contribution in [2.75, 3.05) is 16.4 Å². The number of amidine groups is 1. The number of hydrogen-bond acceptors (Lipinski definition) is 5. The molecule has 23 heavy (non-hydrogen) atoms. The number of carbonyl (C=O) groups excluding carboxylic acids is 2. The number of amides is 1. The molecule has 2 heterocycles. The van der Waals surface area contributed by atoms with Crippen molar-refractivity contribution in [1.82, 2.24) is 0 Å². The number of fused-ring (bicyclic) bond motifs is 1. The van der Waals surface area contributed by atoms with Crippen LogP contribution in [0.15, 0.2) is 29.3 Å². The number of nitrogens with zero attached hydrogens (tertiary/aromatic N) is 2. The summed E-state index contributed by atoms with van der Waals surface area (Å²) in [5.74, 6) is -0.205. The Morgan fingerprint density at radius 1 is 1.17 bits per heavy atom. The molecule has 1 amide bonds. The molecule has 122 valence electrons. The molecule has 2 atom stereocenters. The Labute approximate surface area is 138 Å². The zero-order chi connectivity index (χ0) is 16.8. The number of anilines is 1. The Morgan fingerprint density at radius 2 is 1.83 bits per heavy atom. The second-order valence-corrected chi connectivity index (χ2v) is 9.05. The van der Waals surface area contributed by atoms with Gasteiger partial charge in [-0.15, -0.1) is 0 Å². The first kappa shape index (κ1) is 16.2. The minimum Gasteiger partial charge on any atom is -0.316 e. The third-order valence-corrected chi connectivity index (χ3v) is 7.08. The summed E-state index contributed by atoms with van der Waals surface area (Å²) in [7, 11) is -3.08. The minimum atomic E-state index is -3.08. The molecule has 0 N–H and O–H groups in total. The van der Waals surface area contributed by atoms with Crippen LogP contribution >= 0.6 is 11.8 Å². The lowest BCUT2D eigenvalue weighted by Gasteiger charge is -2.24. The second kappa shape index (κ2) is 5.76. The van der Waals surface area contributed by atoms with Crippen LogP contribution in [-0.2, 0) is 14.6 Å². The second-order valence-electron chi connectivity index (χ2n) is 5.69. The lowest BCUT2D eigenvalue weighted by molar-refractivity contribution is -0.115. The summed E-state index contributed by atoms with van der Waals surface area (Å²) >= 11 is 1.33. The van der Waals surface area contributed by atoms with Gasteiger partial charge in [0.1, 0.15) is 0 Å². The van der Waals surface area contributed by atoms with Gasteiger partial charge in [0.15, 0.2) is 20.8 Å². The molecular formula is C15H16N2O4S2. The van der Waals surface area contributed by atoms with Gasteiger partial charge in [0.05, 0.1) is 17.5 Å². The zero-order valence-electron chi connectivity index (χ0n) is 12.7. The molecule has 2 aliphatic heterocycles. The summed E-state index contributed by atoms with van der Waals surface area (Å²) < 4.78 is 23.8. The van der Waals surface area contributed by atoms with Gasteiger partial charge in [-0.25, -0.2) is 8.42 Å². The molecule has 2 saturated heterocycles. The van der Waals surface area contributed by atoms with E-state index in [-0.39, 0.29) is 34.5 Å². The fraction of sp³-hybridized carbons (Fsp3) is 0.400. The van der Waals surface area contributed by atoms with Gasteiger partial charge in [-0.05, 0) is 31.2 Å². The van der Waals surface area contributed by atoms with Crippen molar-refractivity contribution in [3.05, 3.63) is 29.8 Å². The smallest absolute Gasteiger partial charge is 0.244 e. The van der Waals surface area contributed by atoms with E-state index in [2.05, 4.69) is 4.99 Å². The molecule has 0 radical (unpaired) electrons. The van der Waals surface area contributed by atoms with E-state index in [1.165, 1.54) is 25.6 Å². The van der Waals surface area contributed by atoms with Crippen molar-refractivity contribution < 1.29 is 18.0 Å². The monoisotopic (exact) mass is 352 g/mol. The molecule has 0 bridgehead atoms. The molecule has 3 rings (SSSR count). The average molecular weight is 352 g/mol. The van der Waals surface area contributed by atoms with Crippen LogP contribution in [-0.4, -0.2) is 48.1 Å². The Bertz CT molecular complexity index is 799. The van der Waals surface area contributed by atoms with Crippen LogP contribution in [0.3, 0.4) is 0 Å². The fourth-order valence-corrected chi connectivity index (χ4v) is 6.82. The van der Waals surface area contributed by atoms with Gasteiger partial charge in [-0.1, -0.05) is 11.8 Å². The summed E-state index contributed by atoms with van der Waals surface area (Å²) in [4.78, 5) is 28.6. The van der Waals surface area contributed by atoms with Crippen LogP contribution in [0.2, 0.25) is 0 Å². The van der Waals surface area contributed by atoms with E-state index in [4.69, 9.17) is 0 Å². The number of aliphatic imine (C=N–C) groups is 1. The van der Waals surface area contributed by atoms with Crippen LogP contribution in [0.25, 0.3) is 0 Å². The third-order valence-electron chi connectivity index (χ3n) is 3.87. The van der Waals surface area contributed by atoms with Crippen molar-refractivity contribution in [2.24, 2.45) is 4.99 Å². The minimum absolute atomic E-state index is 0.0358. The first-order chi connectivity index (χ1) is 10.8. The van der Waals surface area contributed by atoms with E-state index in [1.807, 2.05) is 4.90 Å². The summed E-state index contributed by atoms with van der Waals surface area (Å²) in [5.41, 5.74) is 1.33. The van der Waals surface area contributed by atoms with Gasteiger partial charge in [-0.3, -0.25) is 9.59 Å². The normalized spacial score (nSPS) is 27.2. The number of thioether (sulfide) groups is 1. The maximum atomic E-state index is 11.9. The van der Waals surface area contributed by atoms with Crippen LogP contribution in [0.1, 0.15) is 24.2 Å². The number of rotatable bonds is 2. The van der Waals surface area contributed by atoms with Gasteiger partial charge in [0.2, 0.25) is 5.91 Å². The maximum Gasteiger partial charge on any atom is 0.244 e. The van der Waals surface area contributed by atoms with Crippen molar-refractivity contribution in [2.45, 2.75) is 25.1 Å². The first-order valence-corrected chi connectivity index (χ1v) is 9.83. The molecule has 0 spiro atoms. The lowest BCUT2D eigenvalue weighted by Crippen LogP contribution is -2.37. The number of Topliss-reactive ketones (excluding diaryl/α,β-unsaturated/α-hetero) is 1. The molecule has 6 nitrogen and oxygen atoms in total. The predicted molar refractivity (Wildman–Crippen MR) is 90.9 cm³/mol. The van der Waals surface area contributed by atoms with Crippen LogP contribution in [0.4, 0.5) is 5.69 Å². The van der Waals surface area contributed by atoms with Crippen molar-refractivity contribution in [3.8, 4) is 0 Å². The number of sulfone groups is 1. The van der Waals surface area contributed by atoms with E-state index < -0.39 is 9.84 Å². The Hall–Kier alpha value is -1.67. The number of benzene rings is 1. The van der Waals surface area contributed by atoms with Gasteiger partial charge in [-0.2, -0.15) is 4.99 Å². The Balaban J connectivity index is 2.00. The number of ketones is 1. The summed E-state index contributed by atoms with van der Waals surface area (Å²) in [5, 5.41) is 0.406. The lowest BCUT2D eigenvalue weighted by atomic mass is 10.1. The Kier molecular flexibility index (Phi) is 4.05. The van der Waals surface area contributed by atoms with Gasteiger partial charge in [0.25, 0.3) is 0 Å². The molecule has 0 saturated carbocycles. The van der Waals surface area contributed by atoms with Crippen molar-refractivity contribution in [1.29, 1.82) is 0 Å². The zero-order valence-corrected chi connectivity index (χ0v) is 14.4. The molecule has 2 fully saturated rings. The highest BCUT2D eigenvalue weighted by atomic mass is 32.2. The highest BCUT2D eigenvalue weighted by molar-refractivity contribution is 8.16. The molecule has 1 aromatic carbocycles. The number of carbonyl (C=O) groups is 2. The third kappa shape index (κ3) is 3.18. The standard InChI is InChI=1S/C15H16N2O4S2/c1-9(18)11-3-5-12(6-4-11)17-13-7-23(20,21)8-14(13)22-15(17)16-10(2)19/h3-6,13-14H,7-8H2,1-2H3/t13-,14-/m1/s1. The summed E-state index contributed by atoms with van der Waals surface area (Å²) in [6.07, 6.45) is 0. The number of hydrogen-bond donors (Lipinski definition) is 0. The average Bonchev–Trinajstić information content (AvgIpc) is 2.89. The quantitative estimate of drug-likeness (QED) is 0.750. The predicted octanol–water partition coefficient (Wildman–Crippen LogP) is 1.51. The van der Waals surface area contributed by atoms with Crippen LogP contribution < -0.4 is 4.90 Å². The highest BCUT2D eigenvalue weighted by Gasteiger charge is 2.49. The van der Waals surface area contributed by atoms with E-state index in [1.54, 1.807) is 24.3 Å². The molecular weight excluding hydrogens is 336 g/mol. The first-order valence-electron chi connectivity index (χ1n) is 7.13. The van der Waals surface area contributed by atoms with Crippen molar-refractivity contribution >= 4 is 44.1 Å². The Morgan fingerprint density at radius 3 is 2.39 bits per heavy atom. The van der Waals surface area contributed by atoms with Crippen LogP contribution in [0, 0.1) is 0 Å². The molecule has 8 heteroatoms. The molecule has 0 unspecified atom stereocenters. The molecule has 0 aromatic heterocycles.